The molecule has 5 heteroatoms. The Kier molecular flexibility index (Phi) is 2.16. The topological polar surface area (TPSA) is 36.3 Å². The van der Waals surface area contributed by atoms with Gasteiger partial charge in [0.1, 0.15) is 0 Å². The second kappa shape index (κ2) is 3.10. The Morgan fingerprint density at radius 2 is 2.29 bits per heavy atom. The zero-order chi connectivity index (χ0) is 10.3. The minimum atomic E-state index is -0.251. The van der Waals surface area contributed by atoms with Crippen LogP contribution in [0.4, 0.5) is 0 Å². The van der Waals surface area contributed by atoms with E-state index in [0.29, 0.717) is 6.61 Å². The fourth-order valence-electron chi connectivity index (χ4n) is 1.64. The summed E-state index contributed by atoms with van der Waals surface area (Å²) in [6, 6.07) is 0. The summed E-state index contributed by atoms with van der Waals surface area (Å²) < 4.78 is 13.1. The molecule has 1 aromatic rings. The van der Waals surface area contributed by atoms with Crippen LogP contribution in [0.3, 0.4) is 0 Å². The molecule has 2 heterocycles. The molecule has 0 aromatic carbocycles. The van der Waals surface area contributed by atoms with Crippen molar-refractivity contribution in [2.45, 2.75) is 26.4 Å². The van der Waals surface area contributed by atoms with E-state index in [1.165, 1.54) is 0 Å². The van der Waals surface area contributed by atoms with Crippen LogP contribution in [0.25, 0.3) is 0 Å². The van der Waals surface area contributed by atoms with Crippen LogP contribution >= 0.6 is 0 Å². The van der Waals surface area contributed by atoms with Gasteiger partial charge in [0.25, 0.3) is 0 Å². The van der Waals surface area contributed by atoms with Gasteiger partial charge in [0.15, 0.2) is 0 Å². The van der Waals surface area contributed by atoms with Crippen LogP contribution < -0.4 is 5.46 Å². The van der Waals surface area contributed by atoms with Gasteiger partial charge in [-0.05, 0) is 20.8 Å². The van der Waals surface area contributed by atoms with Gasteiger partial charge in [0, 0.05) is 18.7 Å². The van der Waals surface area contributed by atoms with Crippen LogP contribution in [-0.4, -0.2) is 29.1 Å². The van der Waals surface area contributed by atoms with Crippen molar-refractivity contribution in [2.75, 3.05) is 6.61 Å². The Bertz CT molecular complexity index is 349. The van der Waals surface area contributed by atoms with E-state index in [-0.39, 0.29) is 12.7 Å². The van der Waals surface area contributed by atoms with Crippen molar-refractivity contribution < 1.29 is 9.31 Å². The molecule has 1 saturated heterocycles. The maximum atomic E-state index is 5.75. The zero-order valence-corrected chi connectivity index (χ0v) is 9.07. The molecule has 4 nitrogen and oxygen atoms in total. The van der Waals surface area contributed by atoms with E-state index in [9.17, 15) is 0 Å². The van der Waals surface area contributed by atoms with Crippen molar-refractivity contribution in [3.63, 3.8) is 0 Å². The van der Waals surface area contributed by atoms with Gasteiger partial charge in [-0.2, -0.15) is 5.10 Å². The van der Waals surface area contributed by atoms with Gasteiger partial charge in [-0.15, -0.1) is 0 Å². The maximum Gasteiger partial charge on any atom is 0.497 e. The average Bonchev–Trinajstić information content (AvgIpc) is 2.55. The van der Waals surface area contributed by atoms with E-state index < -0.39 is 0 Å². The van der Waals surface area contributed by atoms with Crippen LogP contribution in [0.15, 0.2) is 6.20 Å². The number of aromatic nitrogens is 2. The Morgan fingerprint density at radius 3 is 2.71 bits per heavy atom. The molecule has 0 unspecified atom stereocenters. The third-order valence-corrected chi connectivity index (χ3v) is 2.31. The van der Waals surface area contributed by atoms with Crippen molar-refractivity contribution in [2.24, 2.45) is 7.05 Å². The molecule has 2 rings (SSSR count). The SMILES string of the molecule is Cc1nn(C)cc1B1OCC(C)(C)O1. The normalized spacial score (nSPS) is 20.4. The molecule has 0 amide bonds. The molecule has 0 spiro atoms. The first-order chi connectivity index (χ1) is 6.48. The Labute approximate surface area is 84.3 Å². The molecular weight excluding hydrogens is 179 g/mol. The van der Waals surface area contributed by atoms with Gasteiger partial charge in [0.2, 0.25) is 0 Å². The van der Waals surface area contributed by atoms with E-state index in [1.54, 1.807) is 4.68 Å². The number of aryl methyl sites for hydroxylation is 2. The molecule has 0 saturated carbocycles. The van der Waals surface area contributed by atoms with E-state index in [1.807, 2.05) is 34.0 Å². The summed E-state index contributed by atoms with van der Waals surface area (Å²) in [5.74, 6) is 0. The lowest BCUT2D eigenvalue weighted by molar-refractivity contribution is 0.137. The van der Waals surface area contributed by atoms with Crippen LogP contribution in [0.1, 0.15) is 19.5 Å². The number of hydrogen-bond donors (Lipinski definition) is 0. The minimum absolute atomic E-state index is 0.188. The molecule has 1 fully saturated rings. The fourth-order valence-corrected chi connectivity index (χ4v) is 1.64. The van der Waals surface area contributed by atoms with Gasteiger partial charge in [-0.1, -0.05) is 0 Å². The van der Waals surface area contributed by atoms with Gasteiger partial charge >= 0.3 is 7.12 Å². The predicted octanol–water partition coefficient (Wildman–Crippen LogP) is 0.249. The first kappa shape index (κ1) is 9.74. The summed E-state index contributed by atoms with van der Waals surface area (Å²) in [5.41, 5.74) is 1.81. The summed E-state index contributed by atoms with van der Waals surface area (Å²) in [6.07, 6.45) is 1.95. The summed E-state index contributed by atoms with van der Waals surface area (Å²) >= 11 is 0. The highest BCUT2D eigenvalue weighted by Gasteiger charge is 2.39. The fraction of sp³-hybridized carbons (Fsp3) is 0.667. The average molecular weight is 194 g/mol. The molecular formula is C9H15BN2O2. The van der Waals surface area contributed by atoms with E-state index in [2.05, 4.69) is 5.10 Å². The molecule has 0 atom stereocenters. The highest BCUT2D eigenvalue weighted by Crippen LogP contribution is 2.19. The quantitative estimate of drug-likeness (QED) is 0.601. The summed E-state index contributed by atoms with van der Waals surface area (Å²) in [6.45, 7) is 6.65. The van der Waals surface area contributed by atoms with Gasteiger partial charge in [-0.25, -0.2) is 0 Å². The van der Waals surface area contributed by atoms with Crippen molar-refractivity contribution in [1.29, 1.82) is 0 Å². The molecule has 76 valence electrons. The number of rotatable bonds is 1. The largest absolute Gasteiger partial charge is 0.497 e. The van der Waals surface area contributed by atoms with Crippen molar-refractivity contribution in [1.82, 2.24) is 9.78 Å². The molecule has 0 radical (unpaired) electrons. The molecule has 1 aliphatic heterocycles. The Morgan fingerprint density at radius 1 is 1.57 bits per heavy atom. The van der Waals surface area contributed by atoms with Crippen LogP contribution in [0, 0.1) is 6.92 Å². The van der Waals surface area contributed by atoms with Crippen molar-refractivity contribution >= 4 is 12.6 Å². The molecule has 1 aromatic heterocycles. The summed E-state index contributed by atoms with van der Waals surface area (Å²) in [7, 11) is 1.65. The van der Waals surface area contributed by atoms with Crippen molar-refractivity contribution in [3.8, 4) is 0 Å². The van der Waals surface area contributed by atoms with Crippen LogP contribution in [0.5, 0.6) is 0 Å². The number of nitrogens with zero attached hydrogens (tertiary/aromatic N) is 2. The molecule has 1 aliphatic rings. The second-order valence-electron chi connectivity index (χ2n) is 4.36. The Hall–Kier alpha value is -0.805. The van der Waals surface area contributed by atoms with E-state index in [0.717, 1.165) is 11.2 Å². The van der Waals surface area contributed by atoms with Gasteiger partial charge < -0.3 is 9.31 Å². The lowest BCUT2D eigenvalue weighted by atomic mass is 9.79. The summed E-state index contributed by atoms with van der Waals surface area (Å²) in [4.78, 5) is 0. The highest BCUT2D eigenvalue weighted by atomic mass is 16.7. The third kappa shape index (κ3) is 1.70. The molecule has 0 aliphatic carbocycles. The smallest absolute Gasteiger partial charge is 0.404 e. The first-order valence-electron chi connectivity index (χ1n) is 4.77. The van der Waals surface area contributed by atoms with Gasteiger partial charge in [0.05, 0.1) is 17.9 Å². The minimum Gasteiger partial charge on any atom is -0.404 e. The summed E-state index contributed by atoms with van der Waals surface area (Å²) in [5, 5.41) is 4.26. The number of hydrogen-bond acceptors (Lipinski definition) is 3. The van der Waals surface area contributed by atoms with Gasteiger partial charge in [-0.3, -0.25) is 4.68 Å². The maximum absolute atomic E-state index is 5.75. The van der Waals surface area contributed by atoms with Crippen LogP contribution in [-0.2, 0) is 16.4 Å². The zero-order valence-electron chi connectivity index (χ0n) is 9.07. The van der Waals surface area contributed by atoms with Crippen molar-refractivity contribution in [3.05, 3.63) is 11.9 Å². The van der Waals surface area contributed by atoms with E-state index in [4.69, 9.17) is 9.31 Å². The second-order valence-corrected chi connectivity index (χ2v) is 4.36. The predicted molar refractivity (Wildman–Crippen MR) is 54.4 cm³/mol. The first-order valence-corrected chi connectivity index (χ1v) is 4.77. The highest BCUT2D eigenvalue weighted by molar-refractivity contribution is 6.62. The Balaban J connectivity index is 2.21. The lowest BCUT2D eigenvalue weighted by Gasteiger charge is -2.15. The van der Waals surface area contributed by atoms with Crippen LogP contribution in [0.2, 0.25) is 0 Å². The molecule has 0 N–H and O–H groups in total. The third-order valence-electron chi connectivity index (χ3n) is 2.31. The monoisotopic (exact) mass is 194 g/mol. The molecule has 0 bridgehead atoms. The molecule has 14 heavy (non-hydrogen) atoms. The lowest BCUT2D eigenvalue weighted by Crippen LogP contribution is -2.35. The van der Waals surface area contributed by atoms with E-state index >= 15 is 0 Å². The standard InChI is InChI=1S/C9H15BN2O2/c1-7-8(5-12(4)11-7)10-13-6-9(2,3)14-10/h5H,6H2,1-4H3.